The van der Waals surface area contributed by atoms with E-state index in [9.17, 15) is 0 Å². The first-order valence-corrected chi connectivity index (χ1v) is 5.56. The van der Waals surface area contributed by atoms with E-state index in [4.69, 9.17) is 11.6 Å². The Labute approximate surface area is 103 Å². The molecule has 0 aliphatic rings. The van der Waals surface area contributed by atoms with Gasteiger partial charge in [-0.05, 0) is 36.4 Å². The lowest BCUT2D eigenvalue weighted by Crippen LogP contribution is -1.93. The molecule has 0 unspecified atom stereocenters. The lowest BCUT2D eigenvalue weighted by Gasteiger charge is -2.00. The molecule has 1 aromatic heterocycles. The van der Waals surface area contributed by atoms with Crippen LogP contribution in [0.15, 0.2) is 48.5 Å². The van der Waals surface area contributed by atoms with Crippen LogP contribution in [0.5, 0.6) is 0 Å². The maximum Gasteiger partial charge on any atom is 0.182 e. The lowest BCUT2D eigenvalue weighted by molar-refractivity contribution is 1.03. The third-order valence-corrected chi connectivity index (χ3v) is 2.71. The topological polar surface area (TPSA) is 38.7 Å². The van der Waals surface area contributed by atoms with Crippen LogP contribution < -0.4 is 0 Å². The summed E-state index contributed by atoms with van der Waals surface area (Å²) in [6.07, 6.45) is 0. The van der Waals surface area contributed by atoms with Crippen LogP contribution in [0.1, 0.15) is 0 Å². The molecular formula is C13H8ClN3. The van der Waals surface area contributed by atoms with E-state index in [2.05, 4.69) is 15.2 Å². The summed E-state index contributed by atoms with van der Waals surface area (Å²) in [5.41, 5.74) is 2.55. The molecule has 2 aromatic carbocycles. The molecule has 0 N–H and O–H groups in total. The van der Waals surface area contributed by atoms with Gasteiger partial charge in [0.1, 0.15) is 5.52 Å². The number of hydrogen-bond donors (Lipinski definition) is 0. The van der Waals surface area contributed by atoms with Crippen molar-refractivity contribution >= 4 is 22.6 Å². The highest BCUT2D eigenvalue weighted by atomic mass is 35.5. The molecule has 0 spiro atoms. The molecular weight excluding hydrogens is 234 g/mol. The summed E-state index contributed by atoms with van der Waals surface area (Å²) in [4.78, 5) is 4.46. The van der Waals surface area contributed by atoms with Crippen LogP contribution in [0.4, 0.5) is 0 Å². The molecule has 1 heterocycles. The van der Waals surface area contributed by atoms with Gasteiger partial charge < -0.3 is 0 Å². The third-order valence-electron chi connectivity index (χ3n) is 2.46. The largest absolute Gasteiger partial charge is 0.225 e. The predicted molar refractivity (Wildman–Crippen MR) is 67.8 cm³/mol. The van der Waals surface area contributed by atoms with E-state index in [0.717, 1.165) is 16.6 Å². The molecule has 17 heavy (non-hydrogen) atoms. The van der Waals surface area contributed by atoms with Crippen molar-refractivity contribution < 1.29 is 0 Å². The van der Waals surface area contributed by atoms with Crippen LogP contribution in [0, 0.1) is 0 Å². The average molecular weight is 242 g/mol. The van der Waals surface area contributed by atoms with E-state index >= 15 is 0 Å². The summed E-state index contributed by atoms with van der Waals surface area (Å²) >= 11 is 5.84. The number of halogens is 1. The number of benzene rings is 2. The van der Waals surface area contributed by atoms with Crippen molar-refractivity contribution in [2.45, 2.75) is 0 Å². The SMILES string of the molecule is Clc1ccc(-c2nnc3ccccc3n2)cc1. The second-order valence-electron chi connectivity index (χ2n) is 3.63. The molecule has 0 amide bonds. The Kier molecular flexibility index (Phi) is 2.46. The van der Waals surface area contributed by atoms with E-state index in [1.54, 1.807) is 0 Å². The summed E-state index contributed by atoms with van der Waals surface area (Å²) in [6, 6.07) is 15.1. The molecule has 4 heteroatoms. The van der Waals surface area contributed by atoms with Crippen LogP contribution in [-0.2, 0) is 0 Å². The Balaban J connectivity index is 2.14. The maximum atomic E-state index is 5.84. The quantitative estimate of drug-likeness (QED) is 0.656. The number of fused-ring (bicyclic) bond motifs is 1. The Morgan fingerprint density at radius 2 is 1.47 bits per heavy atom. The van der Waals surface area contributed by atoms with Gasteiger partial charge in [0.15, 0.2) is 5.82 Å². The standard InChI is InChI=1S/C13H8ClN3/c14-10-7-5-9(6-8-10)13-15-11-3-1-2-4-12(11)16-17-13/h1-8H. The molecule has 0 saturated heterocycles. The highest BCUT2D eigenvalue weighted by Crippen LogP contribution is 2.18. The minimum absolute atomic E-state index is 0.611. The van der Waals surface area contributed by atoms with Crippen LogP contribution in [0.25, 0.3) is 22.4 Å². The van der Waals surface area contributed by atoms with E-state index < -0.39 is 0 Å². The van der Waals surface area contributed by atoms with Gasteiger partial charge in [0, 0.05) is 10.6 Å². The Morgan fingerprint density at radius 1 is 0.765 bits per heavy atom. The smallest absolute Gasteiger partial charge is 0.182 e. The fourth-order valence-corrected chi connectivity index (χ4v) is 1.73. The van der Waals surface area contributed by atoms with Crippen molar-refractivity contribution in [3.05, 3.63) is 53.6 Å². The fourth-order valence-electron chi connectivity index (χ4n) is 1.60. The minimum atomic E-state index is 0.611. The van der Waals surface area contributed by atoms with Gasteiger partial charge in [-0.3, -0.25) is 0 Å². The van der Waals surface area contributed by atoms with E-state index in [-0.39, 0.29) is 0 Å². The molecule has 0 bridgehead atoms. The highest BCUT2D eigenvalue weighted by molar-refractivity contribution is 6.30. The second-order valence-corrected chi connectivity index (χ2v) is 4.07. The summed E-state index contributed by atoms with van der Waals surface area (Å²) in [5.74, 6) is 0.611. The van der Waals surface area contributed by atoms with Gasteiger partial charge in [-0.1, -0.05) is 23.7 Å². The normalized spacial score (nSPS) is 10.6. The number of rotatable bonds is 1. The van der Waals surface area contributed by atoms with E-state index in [0.29, 0.717) is 10.8 Å². The third kappa shape index (κ3) is 1.97. The predicted octanol–water partition coefficient (Wildman–Crippen LogP) is 3.35. The van der Waals surface area contributed by atoms with E-state index in [1.165, 1.54) is 0 Å². The zero-order chi connectivity index (χ0) is 11.7. The maximum absolute atomic E-state index is 5.84. The van der Waals surface area contributed by atoms with Crippen LogP contribution in [-0.4, -0.2) is 15.2 Å². The lowest BCUT2D eigenvalue weighted by atomic mass is 10.2. The molecule has 0 fully saturated rings. The molecule has 3 nitrogen and oxygen atoms in total. The van der Waals surface area contributed by atoms with Crippen molar-refractivity contribution in [3.8, 4) is 11.4 Å². The van der Waals surface area contributed by atoms with Gasteiger partial charge in [0.05, 0.1) is 5.52 Å². The van der Waals surface area contributed by atoms with Crippen molar-refractivity contribution in [2.75, 3.05) is 0 Å². The first kappa shape index (κ1) is 10.2. The summed E-state index contributed by atoms with van der Waals surface area (Å²) in [5, 5.41) is 8.93. The fraction of sp³-hybridized carbons (Fsp3) is 0. The molecule has 0 radical (unpaired) electrons. The Bertz CT molecular complexity index is 665. The van der Waals surface area contributed by atoms with Gasteiger partial charge in [0.25, 0.3) is 0 Å². The molecule has 0 saturated carbocycles. The first-order chi connectivity index (χ1) is 8.33. The second kappa shape index (κ2) is 4.11. The molecule has 3 rings (SSSR count). The molecule has 3 aromatic rings. The minimum Gasteiger partial charge on any atom is -0.225 e. The van der Waals surface area contributed by atoms with Crippen molar-refractivity contribution in [2.24, 2.45) is 0 Å². The van der Waals surface area contributed by atoms with Gasteiger partial charge in [-0.15, -0.1) is 10.2 Å². The Morgan fingerprint density at radius 3 is 2.24 bits per heavy atom. The van der Waals surface area contributed by atoms with Gasteiger partial charge in [-0.25, -0.2) is 4.98 Å². The summed E-state index contributed by atoms with van der Waals surface area (Å²) < 4.78 is 0. The summed E-state index contributed by atoms with van der Waals surface area (Å²) in [7, 11) is 0. The first-order valence-electron chi connectivity index (χ1n) is 5.18. The number of aromatic nitrogens is 3. The number of para-hydroxylation sites is 1. The van der Waals surface area contributed by atoms with Gasteiger partial charge in [-0.2, -0.15) is 0 Å². The summed E-state index contributed by atoms with van der Waals surface area (Å²) in [6.45, 7) is 0. The molecule has 0 atom stereocenters. The van der Waals surface area contributed by atoms with Crippen molar-refractivity contribution in [1.29, 1.82) is 0 Å². The Hall–Kier alpha value is -2.00. The number of hydrogen-bond acceptors (Lipinski definition) is 3. The molecule has 0 aliphatic carbocycles. The number of nitrogens with zero attached hydrogens (tertiary/aromatic N) is 3. The van der Waals surface area contributed by atoms with Crippen molar-refractivity contribution in [3.63, 3.8) is 0 Å². The molecule has 0 aliphatic heterocycles. The van der Waals surface area contributed by atoms with Crippen LogP contribution in [0.3, 0.4) is 0 Å². The van der Waals surface area contributed by atoms with Crippen LogP contribution >= 0.6 is 11.6 Å². The van der Waals surface area contributed by atoms with Gasteiger partial charge >= 0.3 is 0 Å². The zero-order valence-electron chi connectivity index (χ0n) is 8.84. The van der Waals surface area contributed by atoms with Crippen molar-refractivity contribution in [1.82, 2.24) is 15.2 Å². The highest BCUT2D eigenvalue weighted by Gasteiger charge is 2.03. The van der Waals surface area contributed by atoms with E-state index in [1.807, 2.05) is 48.5 Å². The molecule has 82 valence electrons. The zero-order valence-corrected chi connectivity index (χ0v) is 9.59. The van der Waals surface area contributed by atoms with Crippen LogP contribution in [0.2, 0.25) is 5.02 Å². The van der Waals surface area contributed by atoms with Gasteiger partial charge in [0.2, 0.25) is 0 Å². The average Bonchev–Trinajstić information content (AvgIpc) is 2.39. The monoisotopic (exact) mass is 241 g/mol.